The highest BCUT2D eigenvalue weighted by atomic mass is 32.2. The Morgan fingerprint density at radius 2 is 1.83 bits per heavy atom. The van der Waals surface area contributed by atoms with Crippen LogP contribution in [0.4, 0.5) is 0 Å². The molecule has 0 radical (unpaired) electrons. The van der Waals surface area contributed by atoms with Crippen LogP contribution in [0.1, 0.15) is 31.7 Å². The largest absolute Gasteiger partial charge is 0.342 e. The number of nitrogens with one attached hydrogen (secondary N) is 1. The molecule has 0 aromatic heterocycles. The predicted octanol–water partition coefficient (Wildman–Crippen LogP) is 1.87. The van der Waals surface area contributed by atoms with Crippen molar-refractivity contribution in [1.82, 2.24) is 10.2 Å². The van der Waals surface area contributed by atoms with Crippen molar-refractivity contribution in [3.8, 4) is 0 Å². The fraction of sp³-hybridized carbons (Fsp3) is 0.611. The summed E-state index contributed by atoms with van der Waals surface area (Å²) in [5, 5.41) is 3.18. The summed E-state index contributed by atoms with van der Waals surface area (Å²) in [6.07, 6.45) is 3.65. The predicted molar refractivity (Wildman–Crippen MR) is 95.7 cm³/mol. The SMILES string of the molecule is CCS(=O)(=O)c1ccc(CC(=O)N2CCC(CCNC)CC2)cc1. The van der Waals surface area contributed by atoms with E-state index in [9.17, 15) is 13.2 Å². The minimum absolute atomic E-state index is 0.0910. The van der Waals surface area contributed by atoms with Gasteiger partial charge < -0.3 is 10.2 Å². The second kappa shape index (κ2) is 8.62. The molecule has 134 valence electrons. The van der Waals surface area contributed by atoms with Crippen molar-refractivity contribution in [1.29, 1.82) is 0 Å². The number of nitrogens with zero attached hydrogens (tertiary/aromatic N) is 1. The highest BCUT2D eigenvalue weighted by Gasteiger charge is 2.22. The van der Waals surface area contributed by atoms with Crippen LogP contribution in [0.2, 0.25) is 0 Å². The van der Waals surface area contributed by atoms with Gasteiger partial charge in [-0.05, 0) is 56.5 Å². The van der Waals surface area contributed by atoms with E-state index < -0.39 is 9.84 Å². The quantitative estimate of drug-likeness (QED) is 0.813. The molecule has 1 heterocycles. The molecular formula is C18H28N2O3S. The van der Waals surface area contributed by atoms with E-state index in [2.05, 4.69) is 5.32 Å². The first-order chi connectivity index (χ1) is 11.5. The van der Waals surface area contributed by atoms with E-state index in [1.165, 1.54) is 6.42 Å². The van der Waals surface area contributed by atoms with Crippen molar-refractivity contribution in [2.75, 3.05) is 32.4 Å². The van der Waals surface area contributed by atoms with Crippen molar-refractivity contribution < 1.29 is 13.2 Å². The Kier molecular flexibility index (Phi) is 6.80. The van der Waals surface area contributed by atoms with Crippen LogP contribution < -0.4 is 5.32 Å². The van der Waals surface area contributed by atoms with Crippen LogP contribution in [0, 0.1) is 5.92 Å². The zero-order valence-corrected chi connectivity index (χ0v) is 15.4. The van der Waals surface area contributed by atoms with E-state index in [0.29, 0.717) is 17.2 Å². The summed E-state index contributed by atoms with van der Waals surface area (Å²) in [7, 11) is -1.21. The highest BCUT2D eigenvalue weighted by Crippen LogP contribution is 2.21. The van der Waals surface area contributed by atoms with Crippen molar-refractivity contribution in [3.63, 3.8) is 0 Å². The first-order valence-corrected chi connectivity index (χ1v) is 10.4. The third kappa shape index (κ3) is 5.05. The van der Waals surface area contributed by atoms with Gasteiger partial charge in [-0.25, -0.2) is 8.42 Å². The first-order valence-electron chi connectivity index (χ1n) is 8.70. The van der Waals surface area contributed by atoms with Gasteiger partial charge in [-0.1, -0.05) is 19.1 Å². The Morgan fingerprint density at radius 3 is 2.38 bits per heavy atom. The van der Waals surface area contributed by atoms with Crippen LogP contribution in [-0.4, -0.2) is 51.7 Å². The van der Waals surface area contributed by atoms with Crippen molar-refractivity contribution in [2.24, 2.45) is 5.92 Å². The monoisotopic (exact) mass is 352 g/mol. The molecule has 1 aliphatic rings. The molecule has 1 saturated heterocycles. The van der Waals surface area contributed by atoms with E-state index in [1.807, 2.05) is 11.9 Å². The van der Waals surface area contributed by atoms with Crippen molar-refractivity contribution in [3.05, 3.63) is 29.8 Å². The van der Waals surface area contributed by atoms with Crippen LogP contribution >= 0.6 is 0 Å². The molecule has 1 aromatic carbocycles. The molecule has 0 spiro atoms. The molecule has 1 N–H and O–H groups in total. The van der Waals surface area contributed by atoms with E-state index in [1.54, 1.807) is 31.2 Å². The molecule has 2 rings (SSSR count). The number of benzene rings is 1. The Bertz CT molecular complexity index is 633. The Balaban J connectivity index is 1.87. The normalized spacial score (nSPS) is 16.3. The summed E-state index contributed by atoms with van der Waals surface area (Å²) in [4.78, 5) is 14.7. The smallest absolute Gasteiger partial charge is 0.226 e. The lowest BCUT2D eigenvalue weighted by molar-refractivity contribution is -0.131. The maximum absolute atomic E-state index is 12.4. The first kappa shape index (κ1) is 18.9. The van der Waals surface area contributed by atoms with Gasteiger partial charge in [-0.15, -0.1) is 0 Å². The van der Waals surface area contributed by atoms with Gasteiger partial charge in [-0.3, -0.25) is 4.79 Å². The highest BCUT2D eigenvalue weighted by molar-refractivity contribution is 7.91. The number of rotatable bonds is 7. The van der Waals surface area contributed by atoms with Gasteiger partial charge in [0.05, 0.1) is 17.1 Å². The van der Waals surface area contributed by atoms with Crippen LogP contribution in [0.5, 0.6) is 0 Å². The van der Waals surface area contributed by atoms with Gasteiger partial charge in [0.15, 0.2) is 9.84 Å². The summed E-state index contributed by atoms with van der Waals surface area (Å²) >= 11 is 0. The summed E-state index contributed by atoms with van der Waals surface area (Å²) in [5.41, 5.74) is 0.868. The topological polar surface area (TPSA) is 66.5 Å². The summed E-state index contributed by atoms with van der Waals surface area (Å²) in [6.45, 7) is 4.32. The number of carbonyl (C=O) groups is 1. The Hall–Kier alpha value is -1.40. The molecule has 0 atom stereocenters. The molecule has 0 unspecified atom stereocenters. The fourth-order valence-corrected chi connectivity index (χ4v) is 3.97. The number of piperidine rings is 1. The molecule has 0 saturated carbocycles. The third-order valence-electron chi connectivity index (χ3n) is 4.79. The van der Waals surface area contributed by atoms with Gasteiger partial charge in [0.2, 0.25) is 5.91 Å². The number of carbonyl (C=O) groups excluding carboxylic acids is 1. The molecule has 0 aliphatic carbocycles. The van der Waals surface area contributed by atoms with Gasteiger partial charge in [0.25, 0.3) is 0 Å². The van der Waals surface area contributed by atoms with Gasteiger partial charge in [-0.2, -0.15) is 0 Å². The number of sulfone groups is 1. The molecule has 1 aliphatic heterocycles. The lowest BCUT2D eigenvalue weighted by Gasteiger charge is -2.32. The van der Waals surface area contributed by atoms with Crippen LogP contribution in [0.3, 0.4) is 0 Å². The average Bonchev–Trinajstić information content (AvgIpc) is 2.60. The van der Waals surface area contributed by atoms with Gasteiger partial charge in [0, 0.05) is 13.1 Å². The molecular weight excluding hydrogens is 324 g/mol. The minimum Gasteiger partial charge on any atom is -0.342 e. The lowest BCUT2D eigenvalue weighted by Crippen LogP contribution is -2.39. The molecule has 0 bridgehead atoms. The third-order valence-corrected chi connectivity index (χ3v) is 6.54. The molecule has 1 fully saturated rings. The maximum atomic E-state index is 12.4. The summed E-state index contributed by atoms with van der Waals surface area (Å²) < 4.78 is 23.6. The number of hydrogen-bond donors (Lipinski definition) is 1. The van der Waals surface area contributed by atoms with E-state index in [4.69, 9.17) is 0 Å². The molecule has 24 heavy (non-hydrogen) atoms. The van der Waals surface area contributed by atoms with Crippen molar-refractivity contribution >= 4 is 15.7 Å². The standard InChI is InChI=1S/C18H28N2O3S/c1-3-24(22,23)17-6-4-16(5-7-17)14-18(21)20-12-9-15(10-13-20)8-11-19-2/h4-7,15,19H,3,8-14H2,1-2H3. The molecule has 5 nitrogen and oxygen atoms in total. The van der Waals surface area contributed by atoms with E-state index in [0.717, 1.165) is 38.0 Å². The zero-order chi connectivity index (χ0) is 17.6. The Morgan fingerprint density at radius 1 is 1.21 bits per heavy atom. The Labute approximate surface area is 145 Å². The van der Waals surface area contributed by atoms with Gasteiger partial charge in [0.1, 0.15) is 0 Å². The van der Waals surface area contributed by atoms with Crippen LogP contribution in [0.15, 0.2) is 29.2 Å². The average molecular weight is 353 g/mol. The second-order valence-corrected chi connectivity index (χ2v) is 8.72. The number of hydrogen-bond acceptors (Lipinski definition) is 4. The zero-order valence-electron chi connectivity index (χ0n) is 14.6. The minimum atomic E-state index is -3.18. The van der Waals surface area contributed by atoms with Crippen LogP contribution in [-0.2, 0) is 21.1 Å². The lowest BCUT2D eigenvalue weighted by atomic mass is 9.93. The van der Waals surface area contributed by atoms with Crippen molar-refractivity contribution in [2.45, 2.75) is 37.5 Å². The van der Waals surface area contributed by atoms with Gasteiger partial charge >= 0.3 is 0 Å². The molecule has 1 amide bonds. The molecule has 1 aromatic rings. The summed E-state index contributed by atoms with van der Waals surface area (Å²) in [6, 6.07) is 6.71. The van der Waals surface area contributed by atoms with E-state index >= 15 is 0 Å². The van der Waals surface area contributed by atoms with E-state index in [-0.39, 0.29) is 11.7 Å². The fourth-order valence-electron chi connectivity index (χ4n) is 3.09. The van der Waals surface area contributed by atoms with Crippen LogP contribution in [0.25, 0.3) is 0 Å². The molecule has 6 heteroatoms. The number of likely N-dealkylation sites (tertiary alicyclic amines) is 1. The maximum Gasteiger partial charge on any atom is 0.226 e. The number of amides is 1. The second-order valence-electron chi connectivity index (χ2n) is 6.44. The summed E-state index contributed by atoms with van der Waals surface area (Å²) in [5.74, 6) is 0.932.